The Kier molecular flexibility index (Phi) is 1.75. The number of pyridine rings is 1. The second-order valence-corrected chi connectivity index (χ2v) is 2.46. The van der Waals surface area contributed by atoms with Gasteiger partial charge in [0.05, 0.1) is 0 Å². The van der Waals surface area contributed by atoms with E-state index >= 15 is 0 Å². The molecule has 0 aliphatic heterocycles. The lowest BCUT2D eigenvalue weighted by Gasteiger charge is -1.95. The first-order valence-electron chi connectivity index (χ1n) is 3.75. The number of rotatable bonds is 1. The van der Waals surface area contributed by atoms with Crippen LogP contribution in [0.3, 0.4) is 0 Å². The van der Waals surface area contributed by atoms with E-state index in [0.29, 0.717) is 0 Å². The van der Waals surface area contributed by atoms with Crippen molar-refractivity contribution in [2.45, 2.75) is 0 Å². The molecule has 1 aromatic heterocycles. The zero-order chi connectivity index (χ0) is 8.23. The largest absolute Gasteiger partial charge is 0.264 e. The highest BCUT2D eigenvalue weighted by molar-refractivity contribution is 5.60. The topological polar surface area (TPSA) is 12.9 Å². The molecule has 2 rings (SSSR count). The van der Waals surface area contributed by atoms with Crippen LogP contribution in [-0.4, -0.2) is 4.98 Å². The van der Waals surface area contributed by atoms with Gasteiger partial charge in [0.2, 0.25) is 0 Å². The van der Waals surface area contributed by atoms with Crippen LogP contribution in [-0.2, 0) is 0 Å². The van der Waals surface area contributed by atoms with Crippen molar-refractivity contribution in [2.24, 2.45) is 0 Å². The lowest BCUT2D eigenvalue weighted by molar-refractivity contribution is 1.33. The van der Waals surface area contributed by atoms with E-state index in [-0.39, 0.29) is 0 Å². The molecule has 2 aromatic rings. The maximum Gasteiger partial charge on any atom is 0.0346 e. The van der Waals surface area contributed by atoms with E-state index in [4.69, 9.17) is 0 Å². The molecule has 0 amide bonds. The summed E-state index contributed by atoms with van der Waals surface area (Å²) in [5.74, 6) is 0. The number of nitrogens with zero attached hydrogens (tertiary/aromatic N) is 1. The molecule has 1 heteroatoms. The summed E-state index contributed by atoms with van der Waals surface area (Å²) in [5, 5.41) is 0. The van der Waals surface area contributed by atoms with Crippen molar-refractivity contribution in [2.75, 3.05) is 0 Å². The minimum absolute atomic E-state index is 1.11. The van der Waals surface area contributed by atoms with Crippen LogP contribution in [0.25, 0.3) is 11.1 Å². The van der Waals surface area contributed by atoms with Crippen LogP contribution in [0.4, 0.5) is 0 Å². The summed E-state index contributed by atoms with van der Waals surface area (Å²) in [5.41, 5.74) is 2.24. The summed E-state index contributed by atoms with van der Waals surface area (Å²) in [6.45, 7) is 0. The van der Waals surface area contributed by atoms with Crippen molar-refractivity contribution in [3.8, 4) is 11.1 Å². The molecule has 0 saturated carbocycles. The van der Waals surface area contributed by atoms with Gasteiger partial charge in [0.15, 0.2) is 0 Å². The summed E-state index contributed by atoms with van der Waals surface area (Å²) < 4.78 is 0. The Balaban J connectivity index is 2.46. The number of hydrogen-bond acceptors (Lipinski definition) is 1. The molecule has 12 heavy (non-hydrogen) atoms. The molecule has 1 heterocycles. The van der Waals surface area contributed by atoms with E-state index in [1.165, 1.54) is 0 Å². The van der Waals surface area contributed by atoms with E-state index in [2.05, 4.69) is 17.1 Å². The second kappa shape index (κ2) is 3.06. The lowest BCUT2D eigenvalue weighted by atomic mass is 10.1. The van der Waals surface area contributed by atoms with Gasteiger partial charge in [-0.2, -0.15) is 0 Å². The van der Waals surface area contributed by atoms with Gasteiger partial charge in [-0.15, -0.1) is 0 Å². The molecule has 0 aliphatic rings. The third-order valence-electron chi connectivity index (χ3n) is 1.65. The highest BCUT2D eigenvalue weighted by atomic mass is 14.6. The Bertz CT molecular complexity index is 302. The van der Waals surface area contributed by atoms with Gasteiger partial charge in [-0.25, -0.2) is 0 Å². The van der Waals surface area contributed by atoms with E-state index in [9.17, 15) is 0 Å². The van der Waals surface area contributed by atoms with Crippen molar-refractivity contribution in [3.05, 3.63) is 54.9 Å². The Morgan fingerprint density at radius 3 is 2.75 bits per heavy atom. The van der Waals surface area contributed by atoms with Crippen LogP contribution < -0.4 is 0 Å². The van der Waals surface area contributed by atoms with Crippen LogP contribution in [0.15, 0.2) is 42.7 Å². The number of aromatic nitrogens is 1. The van der Waals surface area contributed by atoms with Gasteiger partial charge in [0.25, 0.3) is 0 Å². The molecule has 0 aliphatic carbocycles. The lowest BCUT2D eigenvalue weighted by Crippen LogP contribution is -1.76. The Hall–Kier alpha value is -1.81. The normalized spacial score (nSPS) is 9.00. The summed E-state index contributed by atoms with van der Waals surface area (Å²) in [6.07, 6.45) is 3.60. The second-order valence-electron chi connectivity index (χ2n) is 2.46. The molecule has 0 spiro atoms. The van der Waals surface area contributed by atoms with Gasteiger partial charge in [-0.1, -0.05) is 18.2 Å². The van der Waals surface area contributed by atoms with Gasteiger partial charge >= 0.3 is 0 Å². The van der Waals surface area contributed by atoms with Crippen molar-refractivity contribution in [1.29, 1.82) is 0 Å². The van der Waals surface area contributed by atoms with Crippen molar-refractivity contribution >= 4 is 0 Å². The van der Waals surface area contributed by atoms with E-state index in [1.807, 2.05) is 36.5 Å². The Labute approximate surface area is 71.7 Å². The molecular formula is C11H7N. The highest BCUT2D eigenvalue weighted by Gasteiger charge is 1.92. The molecule has 0 bridgehead atoms. The third-order valence-corrected chi connectivity index (χ3v) is 1.65. The van der Waals surface area contributed by atoms with E-state index < -0.39 is 0 Å². The van der Waals surface area contributed by atoms with Crippen LogP contribution >= 0.6 is 0 Å². The SMILES string of the molecule is c1ccc(-c2cccnc2)cc#1. The molecule has 0 N–H and O–H groups in total. The van der Waals surface area contributed by atoms with Crippen molar-refractivity contribution in [3.63, 3.8) is 0 Å². The smallest absolute Gasteiger partial charge is 0.0346 e. The van der Waals surface area contributed by atoms with Crippen LogP contribution in [0, 0.1) is 12.1 Å². The monoisotopic (exact) mass is 153 g/mol. The maximum absolute atomic E-state index is 4.04. The average Bonchev–Trinajstić information content (AvgIpc) is 2.21. The predicted molar refractivity (Wildman–Crippen MR) is 47.3 cm³/mol. The maximum atomic E-state index is 4.04. The summed E-state index contributed by atoms with van der Waals surface area (Å²) in [4.78, 5) is 4.04. The molecule has 0 atom stereocenters. The van der Waals surface area contributed by atoms with Gasteiger partial charge in [-0.3, -0.25) is 4.98 Å². The Morgan fingerprint density at radius 2 is 2.08 bits per heavy atom. The minimum atomic E-state index is 1.11. The minimum Gasteiger partial charge on any atom is -0.264 e. The molecule has 56 valence electrons. The summed E-state index contributed by atoms with van der Waals surface area (Å²) in [7, 11) is 0. The van der Waals surface area contributed by atoms with Crippen LogP contribution in [0.1, 0.15) is 0 Å². The van der Waals surface area contributed by atoms with Gasteiger partial charge < -0.3 is 0 Å². The van der Waals surface area contributed by atoms with Crippen LogP contribution in [0.2, 0.25) is 0 Å². The van der Waals surface area contributed by atoms with E-state index in [0.717, 1.165) is 11.1 Å². The average molecular weight is 153 g/mol. The zero-order valence-electron chi connectivity index (χ0n) is 6.49. The first kappa shape index (κ1) is 6.87. The van der Waals surface area contributed by atoms with Crippen molar-refractivity contribution < 1.29 is 0 Å². The van der Waals surface area contributed by atoms with Crippen molar-refractivity contribution in [1.82, 2.24) is 4.98 Å². The molecule has 1 aromatic carbocycles. The van der Waals surface area contributed by atoms with Gasteiger partial charge in [0.1, 0.15) is 0 Å². The summed E-state index contributed by atoms with van der Waals surface area (Å²) >= 11 is 0. The zero-order valence-corrected chi connectivity index (χ0v) is 6.49. The molecule has 0 radical (unpaired) electrons. The summed E-state index contributed by atoms with van der Waals surface area (Å²) in [6, 6.07) is 15.5. The molecule has 0 unspecified atom stereocenters. The molecule has 0 fully saturated rings. The molecule has 0 saturated heterocycles. The van der Waals surface area contributed by atoms with Crippen LogP contribution in [0.5, 0.6) is 0 Å². The molecule has 1 nitrogen and oxygen atoms in total. The fourth-order valence-corrected chi connectivity index (χ4v) is 1.06. The van der Waals surface area contributed by atoms with Gasteiger partial charge in [0, 0.05) is 18.0 Å². The Morgan fingerprint density at radius 1 is 1.08 bits per heavy atom. The third kappa shape index (κ3) is 1.28. The van der Waals surface area contributed by atoms with Gasteiger partial charge in [-0.05, 0) is 29.8 Å². The fourth-order valence-electron chi connectivity index (χ4n) is 1.06. The van der Waals surface area contributed by atoms with E-state index in [1.54, 1.807) is 6.20 Å². The quantitative estimate of drug-likeness (QED) is 0.612. The fraction of sp³-hybridized carbons (Fsp3) is 0. The number of hydrogen-bond donors (Lipinski definition) is 0. The molecular weight excluding hydrogens is 146 g/mol. The standard InChI is InChI=1S/C11H7N/c1-2-5-10(6-3-1)11-7-4-8-12-9-11/h2,4-9H. The first-order chi connectivity index (χ1) is 5.97. The first-order valence-corrected chi connectivity index (χ1v) is 3.75. The predicted octanol–water partition coefficient (Wildman–Crippen LogP) is 2.35. The highest BCUT2D eigenvalue weighted by Crippen LogP contribution is 2.14.